The third-order valence-corrected chi connectivity index (χ3v) is 5.42. The maximum absolute atomic E-state index is 13.1. The third kappa shape index (κ3) is 3.41. The first kappa shape index (κ1) is 17.3. The van der Waals surface area contributed by atoms with Gasteiger partial charge in [0, 0.05) is 25.8 Å². The topological polar surface area (TPSA) is 38.3 Å². The molecule has 5 heteroatoms. The van der Waals surface area contributed by atoms with Crippen molar-refractivity contribution >= 4 is 43.3 Å². The first-order valence-electron chi connectivity index (χ1n) is 8.19. The number of carbonyl (C=O) groups is 1. The molecule has 1 aliphatic rings. The Hall–Kier alpha value is -2.11. The number of halogens is 2. The number of nitrogens with one attached hydrogen (secondary N) is 1. The lowest BCUT2D eigenvalue weighted by atomic mass is 9.96. The highest BCUT2D eigenvalue weighted by atomic mass is 79.9. The van der Waals surface area contributed by atoms with Gasteiger partial charge in [0.1, 0.15) is 5.75 Å². The number of anilines is 1. The van der Waals surface area contributed by atoms with E-state index >= 15 is 0 Å². The summed E-state index contributed by atoms with van der Waals surface area (Å²) in [5, 5.41) is 3.46. The maximum Gasteiger partial charge on any atom is 0.205 e. The number of ether oxygens (including phenoxy) is 1. The molecular weight excluding hydrogens is 458 g/mol. The quantitative estimate of drug-likeness (QED) is 0.472. The number of fused-ring (bicyclic) bond motifs is 1. The summed E-state index contributed by atoms with van der Waals surface area (Å²) in [6.45, 7) is 0. The summed E-state index contributed by atoms with van der Waals surface area (Å²) in [7, 11) is 0. The summed E-state index contributed by atoms with van der Waals surface area (Å²) in [6.07, 6.45) is -0.614. The smallest absolute Gasteiger partial charge is 0.205 e. The third-order valence-electron chi connectivity index (χ3n) is 4.36. The lowest BCUT2D eigenvalue weighted by Crippen LogP contribution is -2.33. The Kier molecular flexibility index (Phi) is 4.83. The number of Topliss-reactive ketones (excluding diaryl/α,β-unsaturated/α-hetero) is 1. The van der Waals surface area contributed by atoms with E-state index in [4.69, 9.17) is 4.74 Å². The highest BCUT2D eigenvalue weighted by Crippen LogP contribution is 2.40. The zero-order chi connectivity index (χ0) is 18.1. The normalized spacial score (nSPS) is 18.1. The molecule has 3 aromatic rings. The Morgan fingerprint density at radius 2 is 1.46 bits per heavy atom. The fraction of sp³-hybridized carbons (Fsp3) is 0.0952. The number of rotatable bonds is 4. The largest absolute Gasteiger partial charge is 0.479 e. The van der Waals surface area contributed by atoms with Crippen molar-refractivity contribution in [3.63, 3.8) is 0 Å². The first-order valence-corrected chi connectivity index (χ1v) is 9.78. The van der Waals surface area contributed by atoms with Crippen LogP contribution in [-0.4, -0.2) is 11.9 Å². The van der Waals surface area contributed by atoms with Crippen LogP contribution in [0.5, 0.6) is 5.75 Å². The van der Waals surface area contributed by atoms with Crippen LogP contribution in [0, 0.1) is 0 Å². The summed E-state index contributed by atoms with van der Waals surface area (Å²) in [4.78, 5) is 13.1. The summed E-state index contributed by atoms with van der Waals surface area (Å²) < 4.78 is 7.98. The van der Waals surface area contributed by atoms with Crippen LogP contribution in [-0.2, 0) is 0 Å². The molecule has 0 amide bonds. The summed E-state index contributed by atoms with van der Waals surface area (Å²) in [6, 6.07) is 22.8. The van der Waals surface area contributed by atoms with E-state index < -0.39 is 6.10 Å². The minimum atomic E-state index is -0.614. The Morgan fingerprint density at radius 3 is 2.15 bits per heavy atom. The lowest BCUT2D eigenvalue weighted by Gasteiger charge is -2.21. The Bertz CT molecular complexity index is 939. The Labute approximate surface area is 168 Å². The van der Waals surface area contributed by atoms with Crippen molar-refractivity contribution in [3.05, 3.63) is 92.9 Å². The van der Waals surface area contributed by atoms with E-state index in [1.807, 2.05) is 72.8 Å². The molecule has 3 nitrogen and oxygen atoms in total. The molecule has 1 aliphatic heterocycles. The van der Waals surface area contributed by atoms with Gasteiger partial charge in [0.2, 0.25) is 5.78 Å². The fourth-order valence-electron chi connectivity index (χ4n) is 3.08. The van der Waals surface area contributed by atoms with E-state index in [1.165, 1.54) is 0 Å². The van der Waals surface area contributed by atoms with E-state index in [1.54, 1.807) is 0 Å². The molecule has 2 unspecified atom stereocenters. The summed E-state index contributed by atoms with van der Waals surface area (Å²) in [5.74, 6) is 0.709. The van der Waals surface area contributed by atoms with Gasteiger partial charge in [-0.3, -0.25) is 4.79 Å². The Morgan fingerprint density at radius 1 is 0.846 bits per heavy atom. The monoisotopic (exact) mass is 471 g/mol. The molecule has 0 saturated carbocycles. The number of para-hydroxylation sites is 1. The molecule has 1 N–H and O–H groups in total. The molecular formula is C21H15Br2NO2. The second-order valence-electron chi connectivity index (χ2n) is 6.08. The molecule has 0 bridgehead atoms. The molecule has 0 spiro atoms. The van der Waals surface area contributed by atoms with Gasteiger partial charge in [0.15, 0.2) is 6.10 Å². The molecule has 0 aromatic heterocycles. The summed E-state index contributed by atoms with van der Waals surface area (Å²) >= 11 is 6.85. The highest BCUT2D eigenvalue weighted by molar-refractivity contribution is 9.10. The van der Waals surface area contributed by atoms with Gasteiger partial charge in [-0.2, -0.15) is 0 Å². The van der Waals surface area contributed by atoms with Gasteiger partial charge in [-0.05, 0) is 42.5 Å². The molecule has 0 fully saturated rings. The minimum Gasteiger partial charge on any atom is -0.479 e. The van der Waals surface area contributed by atoms with Crippen LogP contribution >= 0.6 is 31.9 Å². The molecule has 4 rings (SSSR count). The molecule has 0 aliphatic carbocycles. The van der Waals surface area contributed by atoms with E-state index in [2.05, 4.69) is 37.2 Å². The number of hydrogen-bond donors (Lipinski definition) is 1. The lowest BCUT2D eigenvalue weighted by molar-refractivity contribution is 0.0802. The number of ketones is 1. The molecule has 3 aromatic carbocycles. The molecule has 130 valence electrons. The van der Waals surface area contributed by atoms with E-state index in [9.17, 15) is 4.79 Å². The second kappa shape index (κ2) is 7.25. The van der Waals surface area contributed by atoms with Gasteiger partial charge >= 0.3 is 0 Å². The van der Waals surface area contributed by atoms with Crippen LogP contribution in [0.4, 0.5) is 5.69 Å². The maximum atomic E-state index is 13.1. The number of hydrogen-bond acceptors (Lipinski definition) is 3. The average molecular weight is 473 g/mol. The van der Waals surface area contributed by atoms with Crippen LogP contribution in [0.25, 0.3) is 0 Å². The van der Waals surface area contributed by atoms with Crippen LogP contribution in [0.3, 0.4) is 0 Å². The van der Waals surface area contributed by atoms with Crippen molar-refractivity contribution in [1.29, 1.82) is 0 Å². The van der Waals surface area contributed by atoms with Crippen LogP contribution in [0.15, 0.2) is 81.7 Å². The number of carbonyl (C=O) groups excluding carboxylic acids is 1. The standard InChI is InChI=1S/C21H15Br2NO2/c22-14-7-5-13(6-8-14)20(25)21-19(17-3-1-2-4-18(17)26-21)24-16-11-9-15(23)10-12-16/h1-12,19,21,24H. The molecule has 26 heavy (non-hydrogen) atoms. The molecule has 0 saturated heterocycles. The molecule has 1 heterocycles. The second-order valence-corrected chi connectivity index (χ2v) is 7.91. The van der Waals surface area contributed by atoms with Crippen molar-refractivity contribution in [2.24, 2.45) is 0 Å². The van der Waals surface area contributed by atoms with Crippen molar-refractivity contribution in [2.45, 2.75) is 12.1 Å². The SMILES string of the molecule is O=C(c1ccc(Br)cc1)C1Oc2ccccc2C1Nc1ccc(Br)cc1. The predicted molar refractivity (Wildman–Crippen MR) is 110 cm³/mol. The van der Waals surface area contributed by atoms with Crippen molar-refractivity contribution < 1.29 is 9.53 Å². The highest BCUT2D eigenvalue weighted by Gasteiger charge is 2.39. The van der Waals surface area contributed by atoms with E-state index in [-0.39, 0.29) is 11.8 Å². The van der Waals surface area contributed by atoms with Crippen LogP contribution in [0.2, 0.25) is 0 Å². The van der Waals surface area contributed by atoms with Gasteiger partial charge in [0.05, 0.1) is 6.04 Å². The zero-order valence-corrected chi connectivity index (χ0v) is 16.8. The van der Waals surface area contributed by atoms with Gasteiger partial charge in [-0.1, -0.05) is 62.2 Å². The Balaban J connectivity index is 1.67. The number of benzene rings is 3. The van der Waals surface area contributed by atoms with Crippen molar-refractivity contribution in [2.75, 3.05) is 5.32 Å². The zero-order valence-electron chi connectivity index (χ0n) is 13.7. The van der Waals surface area contributed by atoms with Crippen molar-refractivity contribution in [3.8, 4) is 5.75 Å². The van der Waals surface area contributed by atoms with Crippen LogP contribution < -0.4 is 10.1 Å². The predicted octanol–water partition coefficient (Wildman–Crippen LogP) is 6.01. The van der Waals surface area contributed by atoms with Gasteiger partial charge in [-0.15, -0.1) is 0 Å². The van der Waals surface area contributed by atoms with E-state index in [0.29, 0.717) is 5.56 Å². The van der Waals surface area contributed by atoms with Gasteiger partial charge in [0.25, 0.3) is 0 Å². The van der Waals surface area contributed by atoms with Crippen molar-refractivity contribution in [1.82, 2.24) is 0 Å². The van der Waals surface area contributed by atoms with Gasteiger partial charge in [-0.25, -0.2) is 0 Å². The molecule has 2 atom stereocenters. The molecule has 0 radical (unpaired) electrons. The van der Waals surface area contributed by atoms with Crippen LogP contribution in [0.1, 0.15) is 22.0 Å². The first-order chi connectivity index (χ1) is 12.6. The summed E-state index contributed by atoms with van der Waals surface area (Å²) in [5.41, 5.74) is 2.56. The van der Waals surface area contributed by atoms with Gasteiger partial charge < -0.3 is 10.1 Å². The fourth-order valence-corrected chi connectivity index (χ4v) is 3.60. The van der Waals surface area contributed by atoms with E-state index in [0.717, 1.165) is 25.9 Å². The minimum absolute atomic E-state index is 0.0386. The average Bonchev–Trinajstić information content (AvgIpc) is 3.02.